The summed E-state index contributed by atoms with van der Waals surface area (Å²) in [5.74, 6) is 0. The van der Waals surface area contributed by atoms with Crippen molar-refractivity contribution >= 4 is 22.4 Å². The smallest absolute Gasteiger partial charge is 0.258 e. The summed E-state index contributed by atoms with van der Waals surface area (Å²) >= 11 is 5.84. The van der Waals surface area contributed by atoms with Gasteiger partial charge < -0.3 is 4.98 Å². The van der Waals surface area contributed by atoms with Crippen LogP contribution in [0.25, 0.3) is 10.8 Å². The predicted octanol–water partition coefficient (Wildman–Crippen LogP) is 1.88. The van der Waals surface area contributed by atoms with Gasteiger partial charge in [0, 0.05) is 11.9 Å². The number of rotatable bonds is 0. The largest absolute Gasteiger partial charge is 0.328 e. The van der Waals surface area contributed by atoms with Gasteiger partial charge in [-0.15, -0.1) is 0 Å². The van der Waals surface area contributed by atoms with Crippen LogP contribution in [0.2, 0.25) is 5.15 Å². The third-order valence-electron chi connectivity index (χ3n) is 1.84. The third kappa shape index (κ3) is 1.31. The van der Waals surface area contributed by atoms with Crippen molar-refractivity contribution in [2.45, 2.75) is 6.92 Å². The van der Waals surface area contributed by atoms with Crippen LogP contribution in [0.4, 0.5) is 0 Å². The zero-order valence-electron chi connectivity index (χ0n) is 6.97. The number of halogens is 1. The molecule has 0 aliphatic carbocycles. The highest BCUT2D eigenvalue weighted by Gasteiger charge is 2.04. The maximum atomic E-state index is 11.3. The van der Waals surface area contributed by atoms with E-state index in [2.05, 4.69) is 9.97 Å². The number of hydrogen-bond donors (Lipinski definition) is 1. The van der Waals surface area contributed by atoms with E-state index >= 15 is 0 Å². The first-order chi connectivity index (χ1) is 6.18. The van der Waals surface area contributed by atoms with Gasteiger partial charge in [0.2, 0.25) is 0 Å². The number of aryl methyl sites for hydroxylation is 1. The Morgan fingerprint density at radius 2 is 2.31 bits per heavy atom. The molecule has 3 nitrogen and oxygen atoms in total. The highest BCUT2D eigenvalue weighted by atomic mass is 35.5. The van der Waals surface area contributed by atoms with Crippen LogP contribution in [-0.2, 0) is 0 Å². The first kappa shape index (κ1) is 8.26. The van der Waals surface area contributed by atoms with E-state index in [4.69, 9.17) is 11.6 Å². The third-order valence-corrected chi connectivity index (χ3v) is 2.11. The Morgan fingerprint density at radius 1 is 1.54 bits per heavy atom. The maximum absolute atomic E-state index is 11.3. The van der Waals surface area contributed by atoms with Gasteiger partial charge in [0.15, 0.2) is 0 Å². The van der Waals surface area contributed by atoms with E-state index in [1.807, 2.05) is 13.0 Å². The van der Waals surface area contributed by atoms with Crippen molar-refractivity contribution in [3.8, 4) is 0 Å². The molecule has 0 fully saturated rings. The molecule has 0 amide bonds. The summed E-state index contributed by atoms with van der Waals surface area (Å²) in [6, 6.07) is 3.63. The number of nitrogens with zero attached hydrogens (tertiary/aromatic N) is 1. The van der Waals surface area contributed by atoms with Crippen molar-refractivity contribution < 1.29 is 0 Å². The molecule has 1 N–H and O–H groups in total. The molecule has 13 heavy (non-hydrogen) atoms. The molecule has 0 aromatic carbocycles. The molecule has 2 aromatic rings. The monoisotopic (exact) mass is 194 g/mol. The quantitative estimate of drug-likeness (QED) is 0.651. The van der Waals surface area contributed by atoms with Crippen LogP contribution in [0.3, 0.4) is 0 Å². The molecule has 2 rings (SSSR count). The Balaban J connectivity index is 3.03. The van der Waals surface area contributed by atoms with E-state index in [0.29, 0.717) is 5.39 Å². The van der Waals surface area contributed by atoms with E-state index in [0.717, 1.165) is 11.1 Å². The number of aromatic nitrogens is 2. The number of nitrogens with one attached hydrogen (secondary N) is 1. The van der Waals surface area contributed by atoms with E-state index in [9.17, 15) is 4.79 Å². The van der Waals surface area contributed by atoms with Gasteiger partial charge >= 0.3 is 0 Å². The molecule has 0 radical (unpaired) electrons. The fourth-order valence-electron chi connectivity index (χ4n) is 1.29. The number of fused-ring (bicyclic) bond motifs is 1. The molecular weight excluding hydrogens is 188 g/mol. The number of pyridine rings is 2. The summed E-state index contributed by atoms with van der Waals surface area (Å²) in [5, 5.41) is 1.54. The van der Waals surface area contributed by atoms with Gasteiger partial charge in [-0.05, 0) is 24.4 Å². The molecule has 0 atom stereocenters. The molecule has 4 heteroatoms. The molecule has 0 aliphatic rings. The van der Waals surface area contributed by atoms with Crippen LogP contribution in [0.15, 0.2) is 23.1 Å². The lowest BCUT2D eigenvalue weighted by atomic mass is 10.2. The summed E-state index contributed by atoms with van der Waals surface area (Å²) in [6.07, 6.45) is 1.60. The molecule has 0 aliphatic heterocycles. The second-order valence-corrected chi connectivity index (χ2v) is 3.18. The van der Waals surface area contributed by atoms with Crippen LogP contribution in [0, 0.1) is 6.92 Å². The summed E-state index contributed by atoms with van der Waals surface area (Å²) in [4.78, 5) is 17.9. The minimum absolute atomic E-state index is 0.199. The van der Waals surface area contributed by atoms with Gasteiger partial charge in [0.25, 0.3) is 5.56 Å². The molecule has 0 saturated carbocycles. The van der Waals surface area contributed by atoms with Gasteiger partial charge in [0.05, 0.1) is 5.39 Å². The first-order valence-corrected chi connectivity index (χ1v) is 4.21. The van der Waals surface area contributed by atoms with E-state index < -0.39 is 0 Å². The lowest BCUT2D eigenvalue weighted by molar-refractivity contribution is 1.20. The Kier molecular flexibility index (Phi) is 1.81. The Labute approximate surface area is 79.4 Å². The fraction of sp³-hybridized carbons (Fsp3) is 0.111. The number of aromatic amines is 1. The minimum atomic E-state index is -0.199. The minimum Gasteiger partial charge on any atom is -0.328 e. The fourth-order valence-corrected chi connectivity index (χ4v) is 1.62. The highest BCUT2D eigenvalue weighted by Crippen LogP contribution is 2.17. The molecule has 0 saturated heterocycles. The lowest BCUT2D eigenvalue weighted by Gasteiger charge is -1.99. The average molecular weight is 195 g/mol. The van der Waals surface area contributed by atoms with Crippen molar-refractivity contribution in [2.75, 3.05) is 0 Å². The lowest BCUT2D eigenvalue weighted by Crippen LogP contribution is -2.06. The van der Waals surface area contributed by atoms with E-state index in [1.165, 1.54) is 0 Å². The summed E-state index contributed by atoms with van der Waals surface area (Å²) in [6.45, 7) is 1.84. The highest BCUT2D eigenvalue weighted by molar-refractivity contribution is 6.34. The second kappa shape index (κ2) is 2.85. The van der Waals surface area contributed by atoms with Crippen molar-refractivity contribution in [1.82, 2.24) is 9.97 Å². The Hall–Kier alpha value is -1.35. The molecule has 2 heterocycles. The molecule has 66 valence electrons. The predicted molar refractivity (Wildman–Crippen MR) is 52.1 cm³/mol. The first-order valence-electron chi connectivity index (χ1n) is 3.83. The van der Waals surface area contributed by atoms with Crippen molar-refractivity contribution in [1.29, 1.82) is 0 Å². The van der Waals surface area contributed by atoms with Crippen LogP contribution >= 0.6 is 11.6 Å². The van der Waals surface area contributed by atoms with Gasteiger partial charge in [-0.1, -0.05) is 11.6 Å². The van der Waals surface area contributed by atoms with Crippen molar-refractivity contribution in [3.05, 3.63) is 39.5 Å². The average Bonchev–Trinajstić information content (AvgIpc) is 2.02. The van der Waals surface area contributed by atoms with E-state index in [-0.39, 0.29) is 10.7 Å². The topological polar surface area (TPSA) is 45.8 Å². The Bertz CT molecular complexity index is 518. The van der Waals surface area contributed by atoms with Crippen LogP contribution in [0.5, 0.6) is 0 Å². The molecule has 0 spiro atoms. The van der Waals surface area contributed by atoms with Crippen LogP contribution in [0.1, 0.15) is 5.69 Å². The van der Waals surface area contributed by atoms with Crippen LogP contribution in [-0.4, -0.2) is 9.97 Å². The summed E-state index contributed by atoms with van der Waals surface area (Å²) in [7, 11) is 0. The molecule has 0 unspecified atom stereocenters. The summed E-state index contributed by atoms with van der Waals surface area (Å²) in [5.41, 5.74) is 0.609. The molecule has 0 bridgehead atoms. The number of H-pyrrole nitrogens is 1. The van der Waals surface area contributed by atoms with Crippen molar-refractivity contribution in [2.24, 2.45) is 0 Å². The molecule has 2 aromatic heterocycles. The number of hydrogen-bond acceptors (Lipinski definition) is 2. The molecular formula is C9H7ClN2O. The maximum Gasteiger partial charge on any atom is 0.258 e. The van der Waals surface area contributed by atoms with Gasteiger partial charge in [-0.25, -0.2) is 4.98 Å². The van der Waals surface area contributed by atoms with Gasteiger partial charge in [-0.2, -0.15) is 0 Å². The van der Waals surface area contributed by atoms with Gasteiger partial charge in [-0.3, -0.25) is 4.79 Å². The Morgan fingerprint density at radius 3 is 3.08 bits per heavy atom. The standard InChI is InChI=1S/C9H7ClN2O/c1-5-4-6-2-3-11-9(13)7(6)8(10)12-5/h2-4H,1H3,(H,11,13). The van der Waals surface area contributed by atoms with Crippen LogP contribution < -0.4 is 5.56 Å². The zero-order chi connectivity index (χ0) is 9.42. The van der Waals surface area contributed by atoms with E-state index in [1.54, 1.807) is 12.3 Å². The SMILES string of the molecule is Cc1cc2cc[nH]c(=O)c2c(Cl)n1. The summed E-state index contributed by atoms with van der Waals surface area (Å²) < 4.78 is 0. The van der Waals surface area contributed by atoms with Gasteiger partial charge in [0.1, 0.15) is 5.15 Å². The zero-order valence-corrected chi connectivity index (χ0v) is 7.72. The van der Waals surface area contributed by atoms with Crippen molar-refractivity contribution in [3.63, 3.8) is 0 Å². The second-order valence-electron chi connectivity index (χ2n) is 2.83. The normalized spacial score (nSPS) is 10.6.